The number of fused-ring (bicyclic) bond motifs is 1. The lowest BCUT2D eigenvalue weighted by atomic mass is 10.0. The van der Waals surface area contributed by atoms with Gasteiger partial charge in [0, 0.05) is 18.5 Å². The number of benzene rings is 2. The molecule has 1 saturated heterocycles. The first-order valence-electron chi connectivity index (χ1n) is 8.95. The Hall–Kier alpha value is -3.66. The van der Waals surface area contributed by atoms with Crippen molar-refractivity contribution in [1.82, 2.24) is 10.2 Å². The van der Waals surface area contributed by atoms with Crippen LogP contribution in [0.3, 0.4) is 0 Å². The second kappa shape index (κ2) is 7.16. The number of ether oxygens (including phenoxy) is 1. The number of hydrogen-bond donors (Lipinski definition) is 1. The molecule has 0 radical (unpaired) electrons. The van der Waals surface area contributed by atoms with Crippen molar-refractivity contribution in [3.8, 4) is 11.8 Å². The smallest absolute Gasteiger partial charge is 0.255 e. The Balaban J connectivity index is 1.57. The van der Waals surface area contributed by atoms with Gasteiger partial charge in [-0.1, -0.05) is 30.3 Å². The number of hydrogen-bond acceptors (Lipinski definition) is 5. The van der Waals surface area contributed by atoms with E-state index in [-0.39, 0.29) is 30.3 Å². The Kier molecular flexibility index (Phi) is 4.53. The Labute approximate surface area is 161 Å². The standard InChI is InChI=1S/C21H17N3O4/c22-10-14-8-16-15(9-18(14)28-12-13-4-2-1-3-5-13)11-24(21(16)27)17-6-7-19(25)23-20(17)26/h1-5,8-9,17H,6-7,11-12H2,(H,23,25,26). The zero-order valence-corrected chi connectivity index (χ0v) is 15.0. The minimum absolute atomic E-state index is 0.200. The maximum absolute atomic E-state index is 12.8. The van der Waals surface area contributed by atoms with Gasteiger partial charge < -0.3 is 9.64 Å². The fourth-order valence-corrected chi connectivity index (χ4v) is 3.54. The molecule has 2 aromatic rings. The molecule has 2 aromatic carbocycles. The van der Waals surface area contributed by atoms with Crippen LogP contribution in [0.4, 0.5) is 0 Å². The lowest BCUT2D eigenvalue weighted by Crippen LogP contribution is -2.52. The zero-order chi connectivity index (χ0) is 19.7. The second-order valence-electron chi connectivity index (χ2n) is 6.79. The van der Waals surface area contributed by atoms with Crippen LogP contribution in [0.2, 0.25) is 0 Å². The molecule has 4 rings (SSSR count). The molecule has 1 N–H and O–H groups in total. The summed E-state index contributed by atoms with van der Waals surface area (Å²) < 4.78 is 5.81. The molecular weight excluding hydrogens is 358 g/mol. The predicted molar refractivity (Wildman–Crippen MR) is 98.0 cm³/mol. The number of piperidine rings is 1. The summed E-state index contributed by atoms with van der Waals surface area (Å²) in [6.45, 7) is 0.549. The summed E-state index contributed by atoms with van der Waals surface area (Å²) in [6.07, 6.45) is 0.498. The van der Waals surface area contributed by atoms with E-state index in [4.69, 9.17) is 4.74 Å². The molecule has 140 valence electrons. The van der Waals surface area contributed by atoms with Crippen LogP contribution in [0.25, 0.3) is 0 Å². The van der Waals surface area contributed by atoms with Crippen LogP contribution < -0.4 is 10.1 Å². The SMILES string of the molecule is N#Cc1cc2c(cc1OCc1ccccc1)CN(C1CCC(=O)NC1=O)C2=O. The molecule has 1 fully saturated rings. The van der Waals surface area contributed by atoms with Crippen LogP contribution in [0.5, 0.6) is 5.75 Å². The van der Waals surface area contributed by atoms with Crippen LogP contribution in [0, 0.1) is 11.3 Å². The Bertz CT molecular complexity index is 1010. The maximum Gasteiger partial charge on any atom is 0.255 e. The fourth-order valence-electron chi connectivity index (χ4n) is 3.54. The first-order valence-corrected chi connectivity index (χ1v) is 8.95. The van der Waals surface area contributed by atoms with E-state index in [1.165, 1.54) is 11.0 Å². The van der Waals surface area contributed by atoms with E-state index in [0.29, 0.717) is 29.9 Å². The van der Waals surface area contributed by atoms with E-state index in [9.17, 15) is 19.6 Å². The molecule has 2 heterocycles. The number of nitrogens with zero attached hydrogens (tertiary/aromatic N) is 2. The van der Waals surface area contributed by atoms with E-state index in [1.54, 1.807) is 6.07 Å². The van der Waals surface area contributed by atoms with Crippen LogP contribution in [0.1, 0.15) is 39.9 Å². The molecule has 7 heteroatoms. The number of carbonyl (C=O) groups excluding carboxylic acids is 3. The van der Waals surface area contributed by atoms with E-state index in [1.807, 2.05) is 30.3 Å². The molecular formula is C21H17N3O4. The van der Waals surface area contributed by atoms with Gasteiger partial charge in [-0.25, -0.2) is 0 Å². The van der Waals surface area contributed by atoms with E-state index < -0.39 is 11.9 Å². The summed E-state index contributed by atoms with van der Waals surface area (Å²) in [5, 5.41) is 11.7. The van der Waals surface area contributed by atoms with Gasteiger partial charge in [-0.05, 0) is 29.7 Å². The minimum atomic E-state index is -0.683. The molecule has 0 bridgehead atoms. The van der Waals surface area contributed by atoms with Gasteiger partial charge in [-0.15, -0.1) is 0 Å². The van der Waals surface area contributed by atoms with Gasteiger partial charge in [0.15, 0.2) is 0 Å². The van der Waals surface area contributed by atoms with Crippen LogP contribution in [-0.2, 0) is 22.7 Å². The van der Waals surface area contributed by atoms with Gasteiger partial charge in [0.2, 0.25) is 11.8 Å². The normalized spacial score (nSPS) is 18.5. The number of carbonyl (C=O) groups is 3. The lowest BCUT2D eigenvalue weighted by molar-refractivity contribution is -0.136. The molecule has 2 aliphatic heterocycles. The van der Waals surface area contributed by atoms with Crippen molar-refractivity contribution in [3.63, 3.8) is 0 Å². The summed E-state index contributed by atoms with van der Waals surface area (Å²) >= 11 is 0. The van der Waals surface area contributed by atoms with Gasteiger partial charge in [-0.2, -0.15) is 5.26 Å². The fraction of sp³-hybridized carbons (Fsp3) is 0.238. The number of nitriles is 1. The quantitative estimate of drug-likeness (QED) is 0.823. The van der Waals surface area contributed by atoms with Crippen molar-refractivity contribution in [3.05, 3.63) is 64.7 Å². The highest BCUT2D eigenvalue weighted by molar-refractivity contribution is 6.05. The topological polar surface area (TPSA) is 99.5 Å². The third-order valence-corrected chi connectivity index (χ3v) is 4.98. The highest BCUT2D eigenvalue weighted by atomic mass is 16.5. The molecule has 0 spiro atoms. The largest absolute Gasteiger partial charge is 0.488 e. The highest BCUT2D eigenvalue weighted by Crippen LogP contribution is 2.32. The monoisotopic (exact) mass is 375 g/mol. The van der Waals surface area contributed by atoms with Gasteiger partial charge in [0.05, 0.1) is 5.56 Å². The predicted octanol–water partition coefficient (Wildman–Crippen LogP) is 1.90. The van der Waals surface area contributed by atoms with Crippen LogP contribution in [-0.4, -0.2) is 28.7 Å². The molecule has 1 atom stereocenters. The Morgan fingerprint density at radius 1 is 1.18 bits per heavy atom. The summed E-state index contributed by atoms with van der Waals surface area (Å²) in [4.78, 5) is 37.7. The average molecular weight is 375 g/mol. The first-order chi connectivity index (χ1) is 13.6. The summed E-state index contributed by atoms with van der Waals surface area (Å²) in [5.41, 5.74) is 2.34. The molecule has 28 heavy (non-hydrogen) atoms. The Morgan fingerprint density at radius 3 is 2.68 bits per heavy atom. The lowest BCUT2D eigenvalue weighted by Gasteiger charge is -2.29. The maximum atomic E-state index is 12.8. The summed E-state index contributed by atoms with van der Waals surface area (Å²) in [6, 6.07) is 14.2. The molecule has 0 saturated carbocycles. The Morgan fingerprint density at radius 2 is 1.96 bits per heavy atom. The van der Waals surface area contributed by atoms with E-state index in [0.717, 1.165) is 5.56 Å². The number of nitrogens with one attached hydrogen (secondary N) is 1. The van der Waals surface area contributed by atoms with Crippen LogP contribution in [0.15, 0.2) is 42.5 Å². The van der Waals surface area contributed by atoms with Crippen molar-refractivity contribution < 1.29 is 19.1 Å². The zero-order valence-electron chi connectivity index (χ0n) is 15.0. The van der Waals surface area contributed by atoms with Gasteiger partial charge in [0.25, 0.3) is 5.91 Å². The van der Waals surface area contributed by atoms with Crippen molar-refractivity contribution >= 4 is 17.7 Å². The van der Waals surface area contributed by atoms with Gasteiger partial charge in [-0.3, -0.25) is 19.7 Å². The van der Waals surface area contributed by atoms with Crippen molar-refractivity contribution in [2.24, 2.45) is 0 Å². The van der Waals surface area contributed by atoms with Crippen molar-refractivity contribution in [2.45, 2.75) is 32.0 Å². The number of amides is 3. The molecule has 7 nitrogen and oxygen atoms in total. The highest BCUT2D eigenvalue weighted by Gasteiger charge is 2.39. The second-order valence-corrected chi connectivity index (χ2v) is 6.79. The van der Waals surface area contributed by atoms with Crippen molar-refractivity contribution in [2.75, 3.05) is 0 Å². The van der Waals surface area contributed by atoms with Gasteiger partial charge in [0.1, 0.15) is 24.5 Å². The number of rotatable bonds is 4. The summed E-state index contributed by atoms with van der Waals surface area (Å²) in [7, 11) is 0. The summed E-state index contributed by atoms with van der Waals surface area (Å²) in [5.74, 6) is -0.689. The number of imide groups is 1. The minimum Gasteiger partial charge on any atom is -0.488 e. The van der Waals surface area contributed by atoms with Crippen molar-refractivity contribution in [1.29, 1.82) is 5.26 Å². The third kappa shape index (κ3) is 3.21. The van der Waals surface area contributed by atoms with E-state index in [2.05, 4.69) is 11.4 Å². The third-order valence-electron chi connectivity index (χ3n) is 4.98. The molecule has 0 aliphatic carbocycles. The molecule has 0 aromatic heterocycles. The molecule has 2 aliphatic rings. The molecule has 3 amide bonds. The van der Waals surface area contributed by atoms with Gasteiger partial charge >= 0.3 is 0 Å². The molecule has 1 unspecified atom stereocenters. The van der Waals surface area contributed by atoms with E-state index >= 15 is 0 Å². The average Bonchev–Trinajstić information content (AvgIpc) is 3.02. The van der Waals surface area contributed by atoms with Crippen LogP contribution >= 0.6 is 0 Å². The first kappa shape index (κ1) is 17.7.